The molecule has 3 heterocycles. The lowest BCUT2D eigenvalue weighted by Crippen LogP contribution is -2.21. The number of aryl methyl sites for hydroxylation is 1. The second kappa shape index (κ2) is 13.7. The van der Waals surface area contributed by atoms with Gasteiger partial charge in [-0.1, -0.05) is 63.0 Å². The van der Waals surface area contributed by atoms with E-state index in [2.05, 4.69) is 70.9 Å². The van der Waals surface area contributed by atoms with Gasteiger partial charge in [0.05, 0.1) is 16.4 Å². The third-order valence-electron chi connectivity index (χ3n) is 8.97. The molecule has 6 nitrogen and oxygen atoms in total. The molecule has 232 valence electrons. The number of H-pyrrole nitrogens is 2. The number of allylic oxidation sites excluding steroid dienone is 2. The number of aromatic amines is 2. The summed E-state index contributed by atoms with van der Waals surface area (Å²) in [4.78, 5) is 15.0. The van der Waals surface area contributed by atoms with Gasteiger partial charge in [0.25, 0.3) is 0 Å². The summed E-state index contributed by atoms with van der Waals surface area (Å²) in [5.41, 5.74) is 8.58. The van der Waals surface area contributed by atoms with Crippen molar-refractivity contribution in [3.05, 3.63) is 94.0 Å². The Bertz CT molecular complexity index is 1930. The second-order valence-corrected chi connectivity index (χ2v) is 12.8. The average molecular weight is 603 g/mol. The lowest BCUT2D eigenvalue weighted by molar-refractivity contribution is 0.356. The molecule has 2 N–H and O–H groups in total. The minimum atomic E-state index is -0.234. The minimum absolute atomic E-state index is 0.234. The molecule has 0 atom stereocenters. The summed E-state index contributed by atoms with van der Waals surface area (Å²) < 4.78 is 14.7. The van der Waals surface area contributed by atoms with Gasteiger partial charge >= 0.3 is 0 Å². The van der Waals surface area contributed by atoms with E-state index in [1.807, 2.05) is 36.7 Å². The number of aromatic nitrogens is 5. The van der Waals surface area contributed by atoms with Crippen LogP contribution < -0.4 is 10.6 Å². The van der Waals surface area contributed by atoms with Gasteiger partial charge < -0.3 is 9.88 Å². The highest BCUT2D eigenvalue weighted by Crippen LogP contribution is 2.31. The van der Waals surface area contributed by atoms with Crippen molar-refractivity contribution in [2.24, 2.45) is 5.92 Å². The van der Waals surface area contributed by atoms with Gasteiger partial charge in [-0.25, -0.2) is 9.37 Å². The van der Waals surface area contributed by atoms with Crippen LogP contribution >= 0.6 is 0 Å². The highest BCUT2D eigenvalue weighted by molar-refractivity contribution is 5.93. The molecule has 1 aliphatic carbocycles. The Balaban J connectivity index is 1.25. The predicted molar refractivity (Wildman–Crippen MR) is 183 cm³/mol. The molecule has 45 heavy (non-hydrogen) atoms. The number of pyridine rings is 1. The number of hydrogen-bond donors (Lipinski definition) is 2. The predicted octanol–water partition coefficient (Wildman–Crippen LogP) is 7.07. The van der Waals surface area contributed by atoms with Crippen molar-refractivity contribution in [2.45, 2.75) is 58.3 Å². The van der Waals surface area contributed by atoms with E-state index in [9.17, 15) is 4.39 Å². The molecule has 0 amide bonds. The van der Waals surface area contributed by atoms with Gasteiger partial charge in [-0.05, 0) is 111 Å². The molecule has 1 saturated carbocycles. The quantitative estimate of drug-likeness (QED) is 0.179. The maximum atomic E-state index is 14.7. The lowest BCUT2D eigenvalue weighted by atomic mass is 9.85. The van der Waals surface area contributed by atoms with Crippen molar-refractivity contribution in [3.63, 3.8) is 0 Å². The monoisotopic (exact) mass is 602 g/mol. The number of fused-ring (bicyclic) bond motifs is 1. The first kappa shape index (κ1) is 30.7. The molecule has 0 unspecified atom stereocenters. The molecule has 7 heteroatoms. The Morgan fingerprint density at radius 2 is 1.91 bits per heavy atom. The largest absolute Gasteiger partial charge is 0.337 e. The van der Waals surface area contributed by atoms with Crippen LogP contribution in [0.3, 0.4) is 0 Å². The van der Waals surface area contributed by atoms with Crippen LogP contribution in [0.4, 0.5) is 4.39 Å². The SMILES string of the molecule is C=c1c(-c2nc3c(-c4cc(F)cc(CCCN(C)C)c4)cccc3[nH]2)n[nH]/c1=C/C=C(\C)c1cncc(CC2CCCCC2)c1. The van der Waals surface area contributed by atoms with Gasteiger partial charge in [0.2, 0.25) is 0 Å². The molecule has 0 radical (unpaired) electrons. The van der Waals surface area contributed by atoms with Gasteiger partial charge in [-0.3, -0.25) is 10.1 Å². The summed E-state index contributed by atoms with van der Waals surface area (Å²) in [5.74, 6) is 1.17. The zero-order chi connectivity index (χ0) is 31.3. The van der Waals surface area contributed by atoms with Crippen LogP contribution in [0.15, 0.2) is 60.9 Å². The number of nitrogens with zero attached hydrogens (tertiary/aromatic N) is 4. The summed E-state index contributed by atoms with van der Waals surface area (Å²) >= 11 is 0. The highest BCUT2D eigenvalue weighted by Gasteiger charge is 2.16. The Morgan fingerprint density at radius 1 is 1.07 bits per heavy atom. The van der Waals surface area contributed by atoms with Crippen LogP contribution in [0.2, 0.25) is 0 Å². The van der Waals surface area contributed by atoms with E-state index in [-0.39, 0.29) is 5.82 Å². The van der Waals surface area contributed by atoms with E-state index in [0.29, 0.717) is 11.5 Å². The van der Waals surface area contributed by atoms with E-state index in [4.69, 9.17) is 4.98 Å². The van der Waals surface area contributed by atoms with Crippen LogP contribution in [0, 0.1) is 11.7 Å². The molecule has 5 aromatic rings. The van der Waals surface area contributed by atoms with E-state index in [1.165, 1.54) is 37.7 Å². The molecule has 0 spiro atoms. The Kier molecular flexibility index (Phi) is 9.36. The maximum Gasteiger partial charge on any atom is 0.159 e. The summed E-state index contributed by atoms with van der Waals surface area (Å²) in [7, 11) is 4.11. The minimum Gasteiger partial charge on any atom is -0.337 e. The van der Waals surface area contributed by atoms with Gasteiger partial charge in [0, 0.05) is 23.2 Å². The van der Waals surface area contributed by atoms with Crippen molar-refractivity contribution >= 4 is 29.3 Å². The number of hydrogen-bond acceptors (Lipinski definition) is 4. The van der Waals surface area contributed by atoms with Crippen LogP contribution in [0.25, 0.3) is 51.9 Å². The van der Waals surface area contributed by atoms with Crippen LogP contribution in [0.5, 0.6) is 0 Å². The zero-order valence-electron chi connectivity index (χ0n) is 26.7. The summed E-state index contributed by atoms with van der Waals surface area (Å²) in [6, 6.07) is 13.5. The molecule has 0 bridgehead atoms. The summed E-state index contributed by atoms with van der Waals surface area (Å²) in [6.07, 6.45) is 17.7. The highest BCUT2D eigenvalue weighted by atomic mass is 19.1. The Morgan fingerprint density at radius 3 is 2.73 bits per heavy atom. The molecule has 2 aromatic carbocycles. The number of rotatable bonds is 10. The third-order valence-corrected chi connectivity index (χ3v) is 8.97. The first-order valence-corrected chi connectivity index (χ1v) is 16.1. The van der Waals surface area contributed by atoms with Crippen molar-refractivity contribution in [2.75, 3.05) is 20.6 Å². The van der Waals surface area contributed by atoms with Crippen molar-refractivity contribution in [1.82, 2.24) is 30.0 Å². The number of nitrogens with one attached hydrogen (secondary N) is 2. The van der Waals surface area contributed by atoms with Crippen LogP contribution in [-0.4, -0.2) is 50.7 Å². The average Bonchev–Trinajstić information content (AvgIpc) is 3.63. The number of imidazole rings is 1. The van der Waals surface area contributed by atoms with Crippen LogP contribution in [-0.2, 0) is 12.8 Å². The molecule has 1 fully saturated rings. The number of halogens is 1. The first-order chi connectivity index (χ1) is 21.8. The molecule has 0 aliphatic heterocycles. The topological polar surface area (TPSA) is 73.5 Å². The standard InChI is InChI=1S/C38H43FN6/c1-25(31-20-29(23-40-24-31)18-27-10-6-5-7-11-27)15-16-34-26(2)36(44-43-34)38-41-35-14-8-13-33(37(35)42-38)30-19-28(21-32(39)22-30)12-9-17-45(3)4/h8,13-16,19-24,27,43H,2,5-7,9-12,17-18H2,1,3-4H3,(H,41,42)/b25-15+,34-16+. The third kappa shape index (κ3) is 7.31. The molecule has 6 rings (SSSR count). The normalized spacial score (nSPS) is 15.0. The lowest BCUT2D eigenvalue weighted by Gasteiger charge is -2.21. The van der Waals surface area contributed by atoms with E-state index < -0.39 is 0 Å². The zero-order valence-corrected chi connectivity index (χ0v) is 26.7. The fourth-order valence-electron chi connectivity index (χ4n) is 6.48. The van der Waals surface area contributed by atoms with Crippen molar-refractivity contribution in [1.29, 1.82) is 0 Å². The van der Waals surface area contributed by atoms with Gasteiger partial charge in [-0.15, -0.1) is 0 Å². The Labute approximate surface area is 264 Å². The van der Waals surface area contributed by atoms with E-state index >= 15 is 0 Å². The van der Waals surface area contributed by atoms with E-state index in [1.54, 1.807) is 12.1 Å². The maximum absolute atomic E-state index is 14.7. The summed E-state index contributed by atoms with van der Waals surface area (Å²) in [5, 5.41) is 9.29. The molecular formula is C38H43FN6. The fourth-order valence-corrected chi connectivity index (χ4v) is 6.48. The van der Waals surface area contributed by atoms with Gasteiger partial charge in [0.15, 0.2) is 5.82 Å². The molecule has 1 aliphatic rings. The van der Waals surface area contributed by atoms with Crippen molar-refractivity contribution < 1.29 is 4.39 Å². The first-order valence-electron chi connectivity index (χ1n) is 16.1. The summed E-state index contributed by atoms with van der Waals surface area (Å²) in [6.45, 7) is 7.39. The molecular weight excluding hydrogens is 559 g/mol. The van der Waals surface area contributed by atoms with E-state index in [0.717, 1.165) is 81.2 Å². The van der Waals surface area contributed by atoms with Gasteiger partial charge in [-0.2, -0.15) is 5.10 Å². The Hall–Kier alpha value is -4.36. The fraction of sp³-hybridized carbons (Fsp3) is 0.342. The smallest absolute Gasteiger partial charge is 0.159 e. The second-order valence-electron chi connectivity index (χ2n) is 12.8. The number of benzene rings is 2. The van der Waals surface area contributed by atoms with Crippen LogP contribution in [0.1, 0.15) is 62.1 Å². The van der Waals surface area contributed by atoms with Gasteiger partial charge in [0.1, 0.15) is 11.5 Å². The molecule has 0 saturated heterocycles. The van der Waals surface area contributed by atoms with Crippen molar-refractivity contribution in [3.8, 4) is 22.6 Å². The molecule has 3 aromatic heterocycles. The number of para-hydroxylation sites is 1.